The fourth-order valence-corrected chi connectivity index (χ4v) is 6.03. The molecule has 0 aliphatic rings. The van der Waals surface area contributed by atoms with Gasteiger partial charge in [0.25, 0.3) is 0 Å². The van der Waals surface area contributed by atoms with Crippen LogP contribution in [0.4, 0.5) is 0 Å². The molecule has 0 aliphatic heterocycles. The molecule has 230 valence electrons. The average molecular weight is 611 g/mol. The highest BCUT2D eigenvalue weighted by Crippen LogP contribution is 2.49. The monoisotopic (exact) mass is 610 g/mol. The van der Waals surface area contributed by atoms with E-state index in [0.29, 0.717) is 27.8 Å². The highest BCUT2D eigenvalue weighted by atomic mass is 16.1. The maximum absolute atomic E-state index is 15.1. The first-order valence-corrected chi connectivity index (χ1v) is 15.8. The van der Waals surface area contributed by atoms with Crippen molar-refractivity contribution in [3.63, 3.8) is 0 Å². The number of ketones is 2. The molecule has 0 N–H and O–H groups in total. The zero-order valence-electron chi connectivity index (χ0n) is 27.1. The number of hydrogen-bond acceptors (Lipinski definition) is 2. The summed E-state index contributed by atoms with van der Waals surface area (Å²) in [6.45, 7) is 9.67. The minimum atomic E-state index is -0.238. The van der Waals surface area contributed by atoms with E-state index in [1.807, 2.05) is 136 Å². The molecular weight excluding hydrogens is 572 g/mol. The summed E-state index contributed by atoms with van der Waals surface area (Å²) in [5, 5.41) is 0. The lowest BCUT2D eigenvalue weighted by Crippen LogP contribution is -2.18. The lowest BCUT2D eigenvalue weighted by molar-refractivity contribution is 0.100. The maximum Gasteiger partial charge on any atom is 0.194 e. The Morgan fingerprint density at radius 1 is 0.532 bits per heavy atom. The second-order valence-electron chi connectivity index (χ2n) is 11.0. The quantitative estimate of drug-likeness (QED) is 0.0847. The summed E-state index contributed by atoms with van der Waals surface area (Å²) < 4.78 is 0. The average Bonchev–Trinajstić information content (AvgIpc) is 3.14. The van der Waals surface area contributed by atoms with Crippen LogP contribution in [0.2, 0.25) is 0 Å². The molecule has 5 aromatic rings. The van der Waals surface area contributed by atoms with Gasteiger partial charge in [-0.15, -0.1) is 0 Å². The van der Waals surface area contributed by atoms with E-state index in [1.54, 1.807) is 24.3 Å². The van der Waals surface area contributed by atoms with Crippen molar-refractivity contribution < 1.29 is 9.59 Å². The predicted octanol–water partition coefficient (Wildman–Crippen LogP) is 11.8. The first-order valence-electron chi connectivity index (χ1n) is 15.8. The highest BCUT2D eigenvalue weighted by molar-refractivity contribution is 6.28. The number of benzene rings is 5. The molecule has 0 atom stereocenters. The van der Waals surface area contributed by atoms with Crippen molar-refractivity contribution in [2.24, 2.45) is 0 Å². The SMILES string of the molecule is C=C/C=C\C(=C/C)C(=O)c1c(C(=O)c2ccccc2)c(-c2ccccc2)c(C(/C=C\C)=C/C)c(-c2ccccc2)c1-c1ccccc1. The lowest BCUT2D eigenvalue weighted by atomic mass is 9.73. The van der Waals surface area contributed by atoms with E-state index in [-0.39, 0.29) is 11.6 Å². The third kappa shape index (κ3) is 6.73. The van der Waals surface area contributed by atoms with Gasteiger partial charge in [-0.25, -0.2) is 0 Å². The van der Waals surface area contributed by atoms with Gasteiger partial charge in [0, 0.05) is 33.4 Å². The van der Waals surface area contributed by atoms with Gasteiger partial charge in [0.15, 0.2) is 11.6 Å². The molecule has 0 bridgehead atoms. The van der Waals surface area contributed by atoms with Crippen LogP contribution in [0, 0.1) is 0 Å². The first-order chi connectivity index (χ1) is 23.0. The lowest BCUT2D eigenvalue weighted by Gasteiger charge is -2.27. The summed E-state index contributed by atoms with van der Waals surface area (Å²) in [6, 6.07) is 39.3. The van der Waals surface area contributed by atoms with Gasteiger partial charge in [0.2, 0.25) is 0 Å². The zero-order chi connectivity index (χ0) is 33.2. The van der Waals surface area contributed by atoms with E-state index in [4.69, 9.17) is 0 Å². The largest absolute Gasteiger partial charge is 0.289 e. The van der Waals surface area contributed by atoms with Crippen molar-refractivity contribution in [3.8, 4) is 33.4 Å². The molecular formula is C45H38O2. The van der Waals surface area contributed by atoms with Crippen LogP contribution < -0.4 is 0 Å². The number of rotatable bonds is 11. The molecule has 0 radical (unpaired) electrons. The molecule has 0 saturated carbocycles. The fourth-order valence-electron chi connectivity index (χ4n) is 6.03. The van der Waals surface area contributed by atoms with Gasteiger partial charge in [0.1, 0.15) is 0 Å². The summed E-state index contributed by atoms with van der Waals surface area (Å²) in [4.78, 5) is 30.2. The number of carbonyl (C=O) groups is 2. The van der Waals surface area contributed by atoms with E-state index >= 15 is 9.59 Å². The standard InChI is InChI=1S/C45H38O2/c1-5-9-23-33(8-4)44(46)42-41(36-28-18-12-19-29-36)39(34-24-14-10-15-25-34)38(32(7-3)22-6-2)40(35-26-16-11-17-27-35)43(42)45(47)37-30-20-13-21-31-37/h5-31H,1H2,2-4H3/b22-6-,23-9-,32-7+,33-8+. The number of hydrogen-bond donors (Lipinski definition) is 0. The second-order valence-corrected chi connectivity index (χ2v) is 11.0. The summed E-state index contributed by atoms with van der Waals surface area (Å²) in [5.41, 5.74) is 8.50. The Morgan fingerprint density at radius 3 is 1.45 bits per heavy atom. The Hall–Kier alpha value is -5.86. The van der Waals surface area contributed by atoms with Crippen molar-refractivity contribution in [2.75, 3.05) is 0 Å². The molecule has 2 heteroatoms. The van der Waals surface area contributed by atoms with Crippen LogP contribution in [0.25, 0.3) is 39.0 Å². The van der Waals surface area contributed by atoms with Crippen LogP contribution in [-0.2, 0) is 0 Å². The van der Waals surface area contributed by atoms with E-state index in [2.05, 4.69) is 30.9 Å². The third-order valence-electron chi connectivity index (χ3n) is 8.11. The number of Topliss-reactive ketones (excluding diaryl/α,β-unsaturated/α-hetero) is 1. The van der Waals surface area contributed by atoms with Crippen molar-refractivity contribution in [1.29, 1.82) is 0 Å². The Balaban J connectivity index is 2.17. The Labute approximate surface area is 278 Å². The first kappa shape index (κ1) is 32.5. The maximum atomic E-state index is 15.1. The molecule has 2 nitrogen and oxygen atoms in total. The Kier molecular flexibility index (Phi) is 10.7. The smallest absolute Gasteiger partial charge is 0.194 e. The molecule has 47 heavy (non-hydrogen) atoms. The van der Waals surface area contributed by atoms with Crippen LogP contribution in [0.3, 0.4) is 0 Å². The van der Waals surface area contributed by atoms with Gasteiger partial charge in [0.05, 0.1) is 0 Å². The number of carbonyl (C=O) groups excluding carboxylic acids is 2. The normalized spacial score (nSPS) is 12.1. The molecule has 5 aromatic carbocycles. The van der Waals surface area contributed by atoms with E-state index in [0.717, 1.165) is 39.0 Å². The van der Waals surface area contributed by atoms with Crippen LogP contribution >= 0.6 is 0 Å². The molecule has 0 aliphatic carbocycles. The molecule has 0 fully saturated rings. The predicted molar refractivity (Wildman–Crippen MR) is 199 cm³/mol. The minimum absolute atomic E-state index is 0.218. The van der Waals surface area contributed by atoms with Crippen molar-refractivity contribution >= 4 is 17.1 Å². The van der Waals surface area contributed by atoms with Gasteiger partial charge >= 0.3 is 0 Å². The van der Waals surface area contributed by atoms with Gasteiger partial charge < -0.3 is 0 Å². The van der Waals surface area contributed by atoms with Gasteiger partial charge in [-0.05, 0) is 54.2 Å². The van der Waals surface area contributed by atoms with Crippen molar-refractivity contribution in [2.45, 2.75) is 20.8 Å². The van der Waals surface area contributed by atoms with Crippen LogP contribution in [0.15, 0.2) is 176 Å². The summed E-state index contributed by atoms with van der Waals surface area (Å²) in [5.74, 6) is -0.456. The van der Waals surface area contributed by atoms with Gasteiger partial charge in [-0.1, -0.05) is 170 Å². The van der Waals surface area contributed by atoms with Crippen molar-refractivity contribution in [3.05, 3.63) is 198 Å². The van der Waals surface area contributed by atoms with E-state index < -0.39 is 0 Å². The molecule has 0 aromatic heterocycles. The fraction of sp³-hybridized carbons (Fsp3) is 0.0667. The molecule has 0 unspecified atom stereocenters. The molecule has 0 spiro atoms. The Morgan fingerprint density at radius 2 is 1.00 bits per heavy atom. The zero-order valence-corrected chi connectivity index (χ0v) is 27.1. The molecule has 0 amide bonds. The Bertz CT molecular complexity index is 2010. The third-order valence-corrected chi connectivity index (χ3v) is 8.11. The van der Waals surface area contributed by atoms with E-state index in [1.165, 1.54) is 0 Å². The summed E-state index contributed by atoms with van der Waals surface area (Å²) >= 11 is 0. The van der Waals surface area contributed by atoms with E-state index in [9.17, 15) is 0 Å². The van der Waals surface area contributed by atoms with Crippen LogP contribution in [0.5, 0.6) is 0 Å². The molecule has 5 rings (SSSR count). The topological polar surface area (TPSA) is 34.1 Å². The van der Waals surface area contributed by atoms with Gasteiger partial charge in [-0.3, -0.25) is 9.59 Å². The van der Waals surface area contributed by atoms with Gasteiger partial charge in [-0.2, -0.15) is 0 Å². The van der Waals surface area contributed by atoms with Crippen LogP contribution in [0.1, 0.15) is 52.6 Å². The molecule has 0 saturated heterocycles. The number of allylic oxidation sites excluding steroid dienone is 9. The second kappa shape index (κ2) is 15.4. The van der Waals surface area contributed by atoms with Crippen LogP contribution in [-0.4, -0.2) is 11.6 Å². The molecule has 0 heterocycles. The van der Waals surface area contributed by atoms with Crippen molar-refractivity contribution in [1.82, 2.24) is 0 Å². The highest BCUT2D eigenvalue weighted by Gasteiger charge is 2.34. The summed E-state index contributed by atoms with van der Waals surface area (Å²) in [7, 11) is 0. The minimum Gasteiger partial charge on any atom is -0.289 e. The summed E-state index contributed by atoms with van der Waals surface area (Å²) in [6.07, 6.45) is 13.1.